The van der Waals surface area contributed by atoms with Crippen molar-refractivity contribution in [2.75, 3.05) is 7.05 Å². The third kappa shape index (κ3) is 3.23. The fraction of sp³-hybridized carbons (Fsp3) is 0.250. The summed E-state index contributed by atoms with van der Waals surface area (Å²) in [6, 6.07) is 10.5. The molecule has 0 bridgehead atoms. The van der Waals surface area contributed by atoms with E-state index in [1.54, 1.807) is 23.5 Å². The third-order valence-corrected chi connectivity index (χ3v) is 4.61. The number of aromatic nitrogens is 2. The summed E-state index contributed by atoms with van der Waals surface area (Å²) in [6.45, 7) is 2.70. The van der Waals surface area contributed by atoms with Crippen LogP contribution in [-0.4, -0.2) is 22.1 Å². The molecule has 0 aliphatic carbocycles. The van der Waals surface area contributed by atoms with Gasteiger partial charge in [-0.25, -0.2) is 4.39 Å². The van der Waals surface area contributed by atoms with Crippen LogP contribution in [0.1, 0.15) is 23.7 Å². The lowest BCUT2D eigenvalue weighted by Crippen LogP contribution is -2.21. The minimum atomic E-state index is -0.281. The van der Waals surface area contributed by atoms with E-state index < -0.39 is 0 Å². The van der Waals surface area contributed by atoms with Crippen LogP contribution in [0.15, 0.2) is 46.3 Å². The van der Waals surface area contributed by atoms with E-state index in [0.29, 0.717) is 18.3 Å². The summed E-state index contributed by atoms with van der Waals surface area (Å²) in [6.07, 6.45) is 0. The average Bonchev–Trinajstić information content (AvgIpc) is 3.18. The minimum absolute atomic E-state index is 0.279. The maximum absolute atomic E-state index is 12.9. The molecule has 1 atom stereocenters. The molecule has 0 N–H and O–H groups in total. The van der Waals surface area contributed by atoms with Gasteiger partial charge in [-0.15, -0.1) is 11.3 Å². The van der Waals surface area contributed by atoms with Gasteiger partial charge in [0.1, 0.15) is 5.82 Å². The molecular formula is C16H16FN3OS. The number of nitrogens with zero attached hydrogens (tertiary/aromatic N) is 3. The number of hydrogen-bond donors (Lipinski definition) is 0. The SMILES string of the molecule is CC(c1cccs1)N(C)Cc1nc(-c2ccc(F)cc2)no1. The van der Waals surface area contributed by atoms with Crippen molar-refractivity contribution >= 4 is 11.3 Å². The normalized spacial score (nSPS) is 12.7. The van der Waals surface area contributed by atoms with E-state index in [9.17, 15) is 4.39 Å². The molecule has 0 fully saturated rings. The van der Waals surface area contributed by atoms with E-state index in [0.717, 1.165) is 5.56 Å². The molecule has 3 aromatic rings. The topological polar surface area (TPSA) is 42.2 Å². The van der Waals surface area contributed by atoms with E-state index in [1.165, 1.54) is 17.0 Å². The zero-order chi connectivity index (χ0) is 15.5. The minimum Gasteiger partial charge on any atom is -0.338 e. The van der Waals surface area contributed by atoms with Gasteiger partial charge in [-0.2, -0.15) is 4.98 Å². The van der Waals surface area contributed by atoms with Crippen LogP contribution in [0, 0.1) is 5.82 Å². The third-order valence-electron chi connectivity index (χ3n) is 3.57. The first-order valence-corrected chi connectivity index (χ1v) is 7.83. The molecule has 0 saturated carbocycles. The molecule has 1 aromatic carbocycles. The van der Waals surface area contributed by atoms with E-state index in [1.807, 2.05) is 13.1 Å². The molecule has 0 saturated heterocycles. The lowest BCUT2D eigenvalue weighted by Gasteiger charge is -2.21. The van der Waals surface area contributed by atoms with Crippen molar-refractivity contribution in [2.45, 2.75) is 19.5 Å². The first-order chi connectivity index (χ1) is 10.6. The van der Waals surface area contributed by atoms with Gasteiger partial charge >= 0.3 is 0 Å². The second-order valence-corrected chi connectivity index (χ2v) is 6.10. The molecule has 4 nitrogen and oxygen atoms in total. The van der Waals surface area contributed by atoms with Gasteiger partial charge in [0.15, 0.2) is 0 Å². The standard InChI is InChI=1S/C16H16FN3OS/c1-11(14-4-3-9-22-14)20(2)10-15-18-16(19-21-15)12-5-7-13(17)8-6-12/h3-9,11H,10H2,1-2H3. The highest BCUT2D eigenvalue weighted by Gasteiger charge is 2.16. The largest absolute Gasteiger partial charge is 0.338 e. The van der Waals surface area contributed by atoms with Crippen LogP contribution in [-0.2, 0) is 6.54 Å². The van der Waals surface area contributed by atoms with Gasteiger partial charge in [-0.3, -0.25) is 4.90 Å². The highest BCUT2D eigenvalue weighted by molar-refractivity contribution is 7.10. The van der Waals surface area contributed by atoms with Gasteiger partial charge in [0, 0.05) is 16.5 Å². The van der Waals surface area contributed by atoms with Crippen LogP contribution < -0.4 is 0 Å². The van der Waals surface area contributed by atoms with Crippen LogP contribution in [0.2, 0.25) is 0 Å². The highest BCUT2D eigenvalue weighted by Crippen LogP contribution is 2.25. The van der Waals surface area contributed by atoms with Crippen molar-refractivity contribution in [1.82, 2.24) is 15.0 Å². The van der Waals surface area contributed by atoms with Gasteiger partial charge in [-0.05, 0) is 49.7 Å². The lowest BCUT2D eigenvalue weighted by atomic mass is 10.2. The van der Waals surface area contributed by atoms with Gasteiger partial charge in [0.25, 0.3) is 0 Å². The van der Waals surface area contributed by atoms with Crippen molar-refractivity contribution < 1.29 is 8.91 Å². The van der Waals surface area contributed by atoms with Gasteiger partial charge in [0.2, 0.25) is 11.7 Å². The Hall–Kier alpha value is -2.05. The summed E-state index contributed by atoms with van der Waals surface area (Å²) < 4.78 is 18.2. The molecule has 0 aliphatic heterocycles. The molecule has 0 amide bonds. The van der Waals surface area contributed by atoms with E-state index in [-0.39, 0.29) is 11.9 Å². The van der Waals surface area contributed by atoms with Crippen LogP contribution in [0.3, 0.4) is 0 Å². The highest BCUT2D eigenvalue weighted by atomic mass is 32.1. The number of halogens is 1. The van der Waals surface area contributed by atoms with Crippen molar-refractivity contribution in [3.63, 3.8) is 0 Å². The Morgan fingerprint density at radius 2 is 2.05 bits per heavy atom. The Kier molecular flexibility index (Phi) is 4.31. The molecule has 0 aliphatic rings. The van der Waals surface area contributed by atoms with Gasteiger partial charge in [-0.1, -0.05) is 11.2 Å². The predicted octanol–water partition coefficient (Wildman–Crippen LogP) is 4.13. The second kappa shape index (κ2) is 6.37. The monoisotopic (exact) mass is 317 g/mol. The van der Waals surface area contributed by atoms with Gasteiger partial charge < -0.3 is 4.52 Å². The summed E-state index contributed by atoms with van der Waals surface area (Å²) in [4.78, 5) is 7.81. The molecular weight excluding hydrogens is 301 g/mol. The zero-order valence-electron chi connectivity index (χ0n) is 12.4. The second-order valence-electron chi connectivity index (χ2n) is 5.13. The zero-order valence-corrected chi connectivity index (χ0v) is 13.2. The first-order valence-electron chi connectivity index (χ1n) is 6.95. The summed E-state index contributed by atoms with van der Waals surface area (Å²) in [5.41, 5.74) is 0.741. The van der Waals surface area contributed by atoms with Gasteiger partial charge in [0.05, 0.1) is 6.54 Å². The Morgan fingerprint density at radius 1 is 1.27 bits per heavy atom. The molecule has 114 valence electrons. The smallest absolute Gasteiger partial charge is 0.241 e. The van der Waals surface area contributed by atoms with Crippen LogP contribution >= 0.6 is 11.3 Å². The van der Waals surface area contributed by atoms with Crippen LogP contribution in [0.4, 0.5) is 4.39 Å². The average molecular weight is 317 g/mol. The molecule has 0 radical (unpaired) electrons. The molecule has 0 spiro atoms. The van der Waals surface area contributed by atoms with Crippen LogP contribution in [0.5, 0.6) is 0 Å². The molecule has 3 rings (SSSR count). The fourth-order valence-corrected chi connectivity index (χ4v) is 2.98. The quantitative estimate of drug-likeness (QED) is 0.709. The lowest BCUT2D eigenvalue weighted by molar-refractivity contribution is 0.219. The number of hydrogen-bond acceptors (Lipinski definition) is 5. The molecule has 6 heteroatoms. The Balaban J connectivity index is 1.70. The Labute approximate surface area is 132 Å². The number of thiophene rings is 1. The molecule has 2 heterocycles. The Morgan fingerprint density at radius 3 is 2.73 bits per heavy atom. The summed E-state index contributed by atoms with van der Waals surface area (Å²) >= 11 is 1.73. The first kappa shape index (κ1) is 14.9. The molecule has 22 heavy (non-hydrogen) atoms. The summed E-state index contributed by atoms with van der Waals surface area (Å²) in [7, 11) is 2.02. The summed E-state index contributed by atoms with van der Waals surface area (Å²) in [5, 5.41) is 6.03. The van der Waals surface area contributed by atoms with E-state index >= 15 is 0 Å². The van der Waals surface area contributed by atoms with Crippen LogP contribution in [0.25, 0.3) is 11.4 Å². The number of benzene rings is 1. The van der Waals surface area contributed by atoms with Crippen molar-refractivity contribution in [3.05, 3.63) is 58.4 Å². The maximum Gasteiger partial charge on any atom is 0.241 e. The predicted molar refractivity (Wildman–Crippen MR) is 83.9 cm³/mol. The maximum atomic E-state index is 12.9. The Bertz CT molecular complexity index is 724. The van der Waals surface area contributed by atoms with Crippen molar-refractivity contribution in [1.29, 1.82) is 0 Å². The summed E-state index contributed by atoms with van der Waals surface area (Å²) in [5.74, 6) is 0.745. The van der Waals surface area contributed by atoms with E-state index in [2.05, 4.69) is 33.4 Å². The molecule has 2 aromatic heterocycles. The van der Waals surface area contributed by atoms with Crippen molar-refractivity contribution in [3.8, 4) is 11.4 Å². The molecule has 1 unspecified atom stereocenters. The van der Waals surface area contributed by atoms with Crippen molar-refractivity contribution in [2.24, 2.45) is 0 Å². The van der Waals surface area contributed by atoms with E-state index in [4.69, 9.17) is 4.52 Å². The number of rotatable bonds is 5. The fourth-order valence-electron chi connectivity index (χ4n) is 2.13.